The number of rotatable bonds is 14. The average molecular weight is 1520 g/mol. The van der Waals surface area contributed by atoms with Crippen molar-refractivity contribution in [3.05, 3.63) is 0 Å². The normalized spacial score (nSPS) is 31.8. The second kappa shape index (κ2) is 55.3. The summed E-state index contributed by atoms with van der Waals surface area (Å²) in [6.45, 7) is 60.5. The topological polar surface area (TPSA) is 110 Å². The summed E-state index contributed by atoms with van der Waals surface area (Å²) in [5.74, 6) is 18.2. The quantitative estimate of drug-likeness (QED) is 0.119. The Labute approximate surface area is 670 Å². The van der Waals surface area contributed by atoms with Crippen LogP contribution in [0.4, 0.5) is 8.78 Å². The van der Waals surface area contributed by atoms with E-state index >= 15 is 0 Å². The molecule has 12 fully saturated rings. The maximum absolute atomic E-state index is 12.8. The molecule has 5 N–H and O–H groups in total. The van der Waals surface area contributed by atoms with Crippen LogP contribution in [0.1, 0.15) is 438 Å². The fourth-order valence-electron chi connectivity index (χ4n) is 17.8. The van der Waals surface area contributed by atoms with Gasteiger partial charge in [0.2, 0.25) is 0 Å². The zero-order valence-electron chi connectivity index (χ0n) is 76.6. The smallest absolute Gasteiger partial charge is 0.108 e. The maximum Gasteiger partial charge on any atom is 0.108 e. The highest BCUT2D eigenvalue weighted by atomic mass is 19.1. The molecule has 0 bridgehead atoms. The van der Waals surface area contributed by atoms with Gasteiger partial charge in [-0.1, -0.05) is 296 Å². The molecule has 12 aliphatic rings. The minimum atomic E-state index is -0.824. The summed E-state index contributed by atoms with van der Waals surface area (Å²) in [6, 6.07) is 0. The number of hydrogen-bond acceptors (Lipinski definition) is 6. The predicted molar refractivity (Wildman–Crippen MR) is 467 cm³/mol. The molecule has 644 valence electrons. The molecule has 10 atom stereocenters. The van der Waals surface area contributed by atoms with Crippen molar-refractivity contribution in [3.63, 3.8) is 0 Å². The van der Waals surface area contributed by atoms with E-state index in [1.54, 1.807) is 13.8 Å². The van der Waals surface area contributed by atoms with Crippen molar-refractivity contribution < 1.29 is 39.1 Å². The summed E-state index contributed by atoms with van der Waals surface area (Å²) in [7, 11) is 1.84. The molecule has 0 aliphatic heterocycles. The summed E-state index contributed by atoms with van der Waals surface area (Å²) in [4.78, 5) is 0. The molecule has 12 aliphatic carbocycles. The summed E-state index contributed by atoms with van der Waals surface area (Å²) < 4.78 is 31.0. The lowest BCUT2D eigenvalue weighted by Crippen LogP contribution is -2.39. The highest BCUT2D eigenvalue weighted by Gasteiger charge is 2.45. The van der Waals surface area contributed by atoms with Gasteiger partial charge in [0.15, 0.2) is 0 Å². The van der Waals surface area contributed by atoms with Crippen molar-refractivity contribution in [1.29, 1.82) is 0 Å². The Bertz CT molecular complexity index is 1920. The number of halogens is 2. The van der Waals surface area contributed by atoms with Crippen LogP contribution in [0.5, 0.6) is 0 Å². The van der Waals surface area contributed by atoms with Gasteiger partial charge in [-0.2, -0.15) is 0 Å². The van der Waals surface area contributed by atoms with Gasteiger partial charge in [0, 0.05) is 13.7 Å². The Morgan fingerprint density at radius 2 is 0.523 bits per heavy atom. The fourth-order valence-corrected chi connectivity index (χ4v) is 17.8. The first-order valence-corrected chi connectivity index (χ1v) is 46.6. The summed E-state index contributed by atoms with van der Waals surface area (Å²) in [5.41, 5.74) is -0.552. The van der Waals surface area contributed by atoms with Gasteiger partial charge in [0.05, 0.1) is 30.5 Å². The van der Waals surface area contributed by atoms with Gasteiger partial charge >= 0.3 is 0 Å². The SMILES string of the molecule is C.CC(C)C1(C)CC1.CC(C)C1(CO)CC1.CC(C)C1CC(C)(F)C1.CC(C)C1CC(C)(F)C1.CC(C)C1CC1.CC(C)C1CCC1.CC(C)C1CCCCC1.CC(C)[C@@H]1CCC[C@@H](O)C1.CC(C)[C@@H]1CCC[C@H](O)C1.CC(C)[C@H]1CCC[C@@H](O)C1.CC(C)[C@H]1CCC[C@H](O)C1.CO[C@@H]1CCC[C@H](C(C)C)C1. The Hall–Kier alpha value is -0.380. The fraction of sp³-hybridized carbons (Fsp3) is 1.00. The molecule has 6 nitrogen and oxygen atoms in total. The van der Waals surface area contributed by atoms with E-state index in [0.717, 1.165) is 183 Å². The number of hydrogen-bond donors (Lipinski definition) is 5. The van der Waals surface area contributed by atoms with Crippen LogP contribution in [0.2, 0.25) is 0 Å². The van der Waals surface area contributed by atoms with Crippen molar-refractivity contribution in [2.24, 2.45) is 141 Å². The lowest BCUT2D eigenvalue weighted by Gasteiger charge is -2.41. The van der Waals surface area contributed by atoms with Crippen LogP contribution >= 0.6 is 0 Å². The van der Waals surface area contributed by atoms with Crippen LogP contribution < -0.4 is 0 Å². The van der Waals surface area contributed by atoms with Crippen LogP contribution in [0.3, 0.4) is 0 Å². The van der Waals surface area contributed by atoms with Gasteiger partial charge in [-0.15, -0.1) is 0 Å². The van der Waals surface area contributed by atoms with E-state index in [9.17, 15) is 29.2 Å². The molecule has 0 saturated heterocycles. The van der Waals surface area contributed by atoms with Crippen LogP contribution in [0, 0.1) is 141 Å². The van der Waals surface area contributed by atoms with E-state index in [1.807, 2.05) is 7.11 Å². The summed E-state index contributed by atoms with van der Waals surface area (Å²) >= 11 is 0. The standard InChI is InChI=1S/C10H20O.4C9H18O.C9H18.2C8H15F.C7H14O.2C7H14.C6H12.CH4/c1-8(2)9-5-4-6-10(7-9)11-3;4*1-7(2)8-4-3-5-9(10)6-8;1-8(2)9-6-4-3-5-7-9;2*1-6(2)7-4-8(3,9)5-7;1-6(2)7(5-8)3-4-7;1-6(2)7(3)4-5-7;1-6(2)7-4-3-5-7;1-5(2)6-3-4-6;/h8-10H,4-7H2,1-3H3;4*7-10H,3-6H2,1-2H3;8-9H,3-7H2,1-2H3;2*6-7H,4-5H2,1-3H3;6,8H,3-5H2,1-2H3;6H,4-5H2,1-3H3;6-7H,3-5H2,1-2H3;5-6H,3-4H2,1-2H3;1H4/t9-,10+;2*8-,9+;2*8-,9-;;;;;;;;/m01010......../s1. The zero-order chi connectivity index (χ0) is 80.9. The van der Waals surface area contributed by atoms with Crippen LogP contribution in [-0.4, -0.2) is 81.1 Å². The number of aliphatic hydroxyl groups is 5. The van der Waals surface area contributed by atoms with Crippen LogP contribution in [0.25, 0.3) is 0 Å². The molecule has 0 aromatic carbocycles. The summed E-state index contributed by atoms with van der Waals surface area (Å²) in [6.07, 6.45) is 47.9. The molecule has 12 saturated carbocycles. The van der Waals surface area contributed by atoms with Crippen molar-refractivity contribution >= 4 is 0 Å². The molecule has 0 unspecified atom stereocenters. The van der Waals surface area contributed by atoms with Crippen molar-refractivity contribution in [2.75, 3.05) is 13.7 Å². The zero-order valence-corrected chi connectivity index (χ0v) is 76.6. The van der Waals surface area contributed by atoms with E-state index in [1.165, 1.54) is 167 Å². The third-order valence-corrected chi connectivity index (χ3v) is 29.2. The van der Waals surface area contributed by atoms with Gasteiger partial charge in [-0.25, -0.2) is 8.78 Å². The first-order valence-electron chi connectivity index (χ1n) is 46.6. The van der Waals surface area contributed by atoms with Gasteiger partial charge in [0.25, 0.3) is 0 Å². The molecule has 0 spiro atoms. The Balaban J connectivity index is 0.00000115. The van der Waals surface area contributed by atoms with E-state index in [0.29, 0.717) is 47.7 Å². The van der Waals surface area contributed by atoms with Gasteiger partial charge in [-0.05, 0) is 283 Å². The molecule has 0 aromatic heterocycles. The number of aliphatic hydroxyl groups excluding tert-OH is 5. The first kappa shape index (κ1) is 107. The highest BCUT2D eigenvalue weighted by Crippen LogP contribution is 2.52. The largest absolute Gasteiger partial charge is 0.396 e. The minimum absolute atomic E-state index is 0. The molecular formula is C99H198F2O6. The van der Waals surface area contributed by atoms with E-state index in [2.05, 4.69) is 173 Å². The van der Waals surface area contributed by atoms with Gasteiger partial charge < -0.3 is 30.3 Å². The minimum Gasteiger partial charge on any atom is -0.396 e. The second-order valence-corrected chi connectivity index (χ2v) is 42.6. The predicted octanol–water partition coefficient (Wildman–Crippen LogP) is 29.4. The second-order valence-electron chi connectivity index (χ2n) is 42.6. The van der Waals surface area contributed by atoms with E-state index in [4.69, 9.17) is 9.84 Å². The van der Waals surface area contributed by atoms with Gasteiger partial charge in [0.1, 0.15) is 11.3 Å². The molecule has 8 heteroatoms. The Kier molecular flexibility index (Phi) is 55.1. The highest BCUT2D eigenvalue weighted by molar-refractivity contribution is 4.95. The van der Waals surface area contributed by atoms with Gasteiger partial charge in [-0.3, -0.25) is 0 Å². The molecule has 107 heavy (non-hydrogen) atoms. The van der Waals surface area contributed by atoms with E-state index in [-0.39, 0.29) is 31.8 Å². The molecule has 0 amide bonds. The molecule has 0 heterocycles. The number of ether oxygens (including phenoxy) is 1. The van der Waals surface area contributed by atoms with Crippen LogP contribution in [-0.2, 0) is 4.74 Å². The van der Waals surface area contributed by atoms with E-state index < -0.39 is 11.3 Å². The third-order valence-electron chi connectivity index (χ3n) is 29.2. The lowest BCUT2D eigenvalue weighted by molar-refractivity contribution is 0.00257. The first-order chi connectivity index (χ1) is 49.3. The third kappa shape index (κ3) is 48.1. The molecule has 0 radical (unpaired) electrons. The number of methoxy groups -OCH3 is 1. The Morgan fingerprint density at radius 1 is 0.290 bits per heavy atom. The monoisotopic (exact) mass is 1520 g/mol. The average Bonchev–Trinajstić information content (AvgIpc) is 1.73. The maximum atomic E-state index is 12.8. The molecule has 0 aromatic rings. The lowest BCUT2D eigenvalue weighted by atomic mass is 9.68. The van der Waals surface area contributed by atoms with Crippen molar-refractivity contribution in [2.45, 2.75) is 480 Å². The molecular weight excluding hydrogens is 1320 g/mol. The Morgan fingerprint density at radius 3 is 0.645 bits per heavy atom. The number of alkyl halides is 2. The van der Waals surface area contributed by atoms with Crippen molar-refractivity contribution in [1.82, 2.24) is 0 Å². The van der Waals surface area contributed by atoms with Crippen molar-refractivity contribution in [3.8, 4) is 0 Å². The molecule has 12 rings (SSSR count). The summed E-state index contributed by atoms with van der Waals surface area (Å²) in [5, 5.41) is 46.1. The van der Waals surface area contributed by atoms with Crippen LogP contribution in [0.15, 0.2) is 0 Å².